The summed E-state index contributed by atoms with van der Waals surface area (Å²) in [6.07, 6.45) is 2.97. The lowest BCUT2D eigenvalue weighted by Gasteiger charge is -2.33. The van der Waals surface area contributed by atoms with Gasteiger partial charge in [-0.1, -0.05) is 30.3 Å². The average molecular weight is 327 g/mol. The van der Waals surface area contributed by atoms with Crippen molar-refractivity contribution in [3.05, 3.63) is 60.1 Å². The maximum atomic E-state index is 12.2. The molecule has 0 aliphatic carbocycles. The number of furan rings is 1. The van der Waals surface area contributed by atoms with Crippen LogP contribution in [0.2, 0.25) is 0 Å². The Morgan fingerprint density at radius 1 is 1.12 bits per heavy atom. The van der Waals surface area contributed by atoms with Gasteiger partial charge in [0.25, 0.3) is 11.7 Å². The molecule has 0 unspecified atom stereocenters. The van der Waals surface area contributed by atoms with Gasteiger partial charge in [0.05, 0.1) is 12.4 Å². The number of aliphatic hydroxyl groups is 1. The molecule has 2 heterocycles. The zero-order valence-electron chi connectivity index (χ0n) is 13.4. The van der Waals surface area contributed by atoms with Crippen LogP contribution in [0.3, 0.4) is 0 Å². The van der Waals surface area contributed by atoms with Crippen molar-refractivity contribution in [1.82, 2.24) is 4.90 Å². The second-order valence-corrected chi connectivity index (χ2v) is 6.19. The number of rotatable bonds is 5. The largest absolute Gasteiger partial charge is 0.461 e. The van der Waals surface area contributed by atoms with Gasteiger partial charge in [0, 0.05) is 13.1 Å². The number of hydrogen-bond donors (Lipinski definition) is 1. The van der Waals surface area contributed by atoms with Crippen molar-refractivity contribution >= 4 is 11.7 Å². The number of piperidine rings is 1. The number of hydrogen-bond acceptors (Lipinski definition) is 4. The van der Waals surface area contributed by atoms with Crippen molar-refractivity contribution in [3.8, 4) is 0 Å². The fourth-order valence-corrected chi connectivity index (χ4v) is 3.17. The lowest BCUT2D eigenvalue weighted by Crippen LogP contribution is -2.44. The van der Waals surface area contributed by atoms with E-state index < -0.39 is 17.8 Å². The van der Waals surface area contributed by atoms with Gasteiger partial charge >= 0.3 is 0 Å². The van der Waals surface area contributed by atoms with E-state index in [0.717, 1.165) is 5.56 Å². The normalized spacial score (nSPS) is 16.8. The maximum Gasteiger partial charge on any atom is 0.298 e. The van der Waals surface area contributed by atoms with E-state index in [1.54, 1.807) is 11.0 Å². The molecule has 0 bridgehead atoms. The summed E-state index contributed by atoms with van der Waals surface area (Å²) < 4.78 is 5.00. The summed E-state index contributed by atoms with van der Waals surface area (Å²) >= 11 is 0. The van der Waals surface area contributed by atoms with Crippen LogP contribution in [0.4, 0.5) is 0 Å². The number of ketones is 1. The van der Waals surface area contributed by atoms with Gasteiger partial charge in [0.1, 0.15) is 0 Å². The van der Waals surface area contributed by atoms with Gasteiger partial charge in [0.2, 0.25) is 0 Å². The molecule has 2 aromatic rings. The van der Waals surface area contributed by atoms with E-state index in [0.29, 0.717) is 32.4 Å². The Kier molecular flexibility index (Phi) is 5.11. The number of Topliss-reactive ketones (excluding diaryl/α,β-unsaturated/α-hetero) is 1. The fraction of sp³-hybridized carbons (Fsp3) is 0.368. The highest BCUT2D eigenvalue weighted by Crippen LogP contribution is 2.23. The van der Waals surface area contributed by atoms with Crippen molar-refractivity contribution in [3.63, 3.8) is 0 Å². The minimum Gasteiger partial charge on any atom is -0.461 e. The van der Waals surface area contributed by atoms with Crippen LogP contribution in [0.1, 0.15) is 29.0 Å². The molecule has 0 saturated carbocycles. The monoisotopic (exact) mass is 327 g/mol. The van der Waals surface area contributed by atoms with Crippen molar-refractivity contribution in [2.45, 2.75) is 25.4 Å². The Balaban J connectivity index is 1.52. The quantitative estimate of drug-likeness (QED) is 0.676. The van der Waals surface area contributed by atoms with E-state index in [1.165, 1.54) is 12.3 Å². The molecule has 1 aromatic heterocycles. The summed E-state index contributed by atoms with van der Waals surface area (Å²) in [4.78, 5) is 25.8. The molecule has 1 atom stereocenters. The van der Waals surface area contributed by atoms with Gasteiger partial charge in [-0.3, -0.25) is 9.59 Å². The number of carbonyl (C=O) groups is 2. The van der Waals surface area contributed by atoms with E-state index in [9.17, 15) is 14.7 Å². The van der Waals surface area contributed by atoms with Crippen molar-refractivity contribution in [2.24, 2.45) is 5.92 Å². The zero-order chi connectivity index (χ0) is 16.9. The summed E-state index contributed by atoms with van der Waals surface area (Å²) in [5.41, 5.74) is 1.11. The van der Waals surface area contributed by atoms with Crippen LogP contribution >= 0.6 is 0 Å². The Morgan fingerprint density at radius 3 is 2.46 bits per heavy atom. The van der Waals surface area contributed by atoms with Crippen LogP contribution in [-0.4, -0.2) is 40.9 Å². The second-order valence-electron chi connectivity index (χ2n) is 6.19. The Hall–Kier alpha value is -2.40. The summed E-state index contributed by atoms with van der Waals surface area (Å²) in [5, 5.41) is 10.4. The highest BCUT2D eigenvalue weighted by Gasteiger charge is 2.31. The van der Waals surface area contributed by atoms with Crippen molar-refractivity contribution in [2.75, 3.05) is 13.1 Å². The summed E-state index contributed by atoms with van der Waals surface area (Å²) in [6.45, 7) is 0.976. The third-order valence-electron chi connectivity index (χ3n) is 4.60. The lowest BCUT2D eigenvalue weighted by molar-refractivity contribution is -0.128. The SMILES string of the molecule is O=C(C(=O)N1CCC([C@@H](O)Cc2ccccc2)CC1)c1ccco1. The van der Waals surface area contributed by atoms with E-state index >= 15 is 0 Å². The number of carbonyl (C=O) groups excluding carboxylic acids is 2. The highest BCUT2D eigenvalue weighted by molar-refractivity contribution is 6.41. The molecule has 1 fully saturated rings. The molecule has 5 heteroatoms. The lowest BCUT2D eigenvalue weighted by atomic mass is 9.88. The van der Waals surface area contributed by atoms with E-state index in [-0.39, 0.29) is 11.7 Å². The Bertz CT molecular complexity index is 673. The van der Waals surface area contributed by atoms with Crippen molar-refractivity contribution in [1.29, 1.82) is 0 Å². The number of aliphatic hydroxyl groups excluding tert-OH is 1. The van der Waals surface area contributed by atoms with Crippen LogP contribution in [-0.2, 0) is 11.2 Å². The molecule has 1 aromatic carbocycles. The standard InChI is InChI=1S/C19H21NO4/c21-16(13-14-5-2-1-3-6-14)15-8-10-20(11-9-15)19(23)18(22)17-7-4-12-24-17/h1-7,12,15-16,21H,8-11,13H2/t16-/m0/s1. The van der Waals surface area contributed by atoms with Crippen LogP contribution in [0, 0.1) is 5.92 Å². The molecule has 0 radical (unpaired) electrons. The molecule has 5 nitrogen and oxygen atoms in total. The molecular weight excluding hydrogens is 306 g/mol. The third kappa shape index (κ3) is 3.74. The molecule has 0 spiro atoms. The minimum atomic E-state index is -0.608. The second kappa shape index (κ2) is 7.45. The Morgan fingerprint density at radius 2 is 1.83 bits per heavy atom. The number of benzene rings is 1. The fourth-order valence-electron chi connectivity index (χ4n) is 3.17. The molecule has 3 rings (SSSR count). The van der Waals surface area contributed by atoms with E-state index in [4.69, 9.17) is 4.42 Å². The van der Waals surface area contributed by atoms with E-state index in [1.807, 2.05) is 30.3 Å². The molecule has 1 aliphatic rings. The molecule has 126 valence electrons. The van der Waals surface area contributed by atoms with Crippen LogP contribution in [0.15, 0.2) is 53.1 Å². The third-order valence-corrected chi connectivity index (χ3v) is 4.60. The molecule has 24 heavy (non-hydrogen) atoms. The topological polar surface area (TPSA) is 70.8 Å². The number of likely N-dealkylation sites (tertiary alicyclic amines) is 1. The summed E-state index contributed by atoms with van der Waals surface area (Å²) in [5.74, 6) is -0.913. The first-order valence-electron chi connectivity index (χ1n) is 8.24. The van der Waals surface area contributed by atoms with Gasteiger partial charge in [-0.05, 0) is 42.9 Å². The van der Waals surface area contributed by atoms with Gasteiger partial charge in [-0.25, -0.2) is 0 Å². The van der Waals surface area contributed by atoms with Gasteiger partial charge in [0.15, 0.2) is 5.76 Å². The molecule has 1 saturated heterocycles. The van der Waals surface area contributed by atoms with Gasteiger partial charge in [-0.15, -0.1) is 0 Å². The van der Waals surface area contributed by atoms with E-state index in [2.05, 4.69) is 0 Å². The molecule has 1 amide bonds. The molecule has 1 N–H and O–H groups in total. The molecular formula is C19H21NO4. The average Bonchev–Trinajstić information content (AvgIpc) is 3.16. The summed E-state index contributed by atoms with van der Waals surface area (Å²) in [7, 11) is 0. The van der Waals surface area contributed by atoms with Crippen LogP contribution < -0.4 is 0 Å². The van der Waals surface area contributed by atoms with Crippen LogP contribution in [0.25, 0.3) is 0 Å². The number of amides is 1. The summed E-state index contributed by atoms with van der Waals surface area (Å²) in [6, 6.07) is 13.0. The van der Waals surface area contributed by atoms with Gasteiger partial charge in [-0.2, -0.15) is 0 Å². The first kappa shape index (κ1) is 16.5. The smallest absolute Gasteiger partial charge is 0.298 e. The number of nitrogens with zero attached hydrogens (tertiary/aromatic N) is 1. The first-order chi connectivity index (χ1) is 11.6. The predicted octanol–water partition coefficient (Wildman–Crippen LogP) is 2.30. The Labute approximate surface area is 140 Å². The zero-order valence-corrected chi connectivity index (χ0v) is 13.4. The minimum absolute atomic E-state index is 0.0752. The molecule has 1 aliphatic heterocycles. The van der Waals surface area contributed by atoms with Crippen LogP contribution in [0.5, 0.6) is 0 Å². The highest BCUT2D eigenvalue weighted by atomic mass is 16.3. The van der Waals surface area contributed by atoms with Crippen molar-refractivity contribution < 1.29 is 19.1 Å². The maximum absolute atomic E-state index is 12.2. The predicted molar refractivity (Wildman–Crippen MR) is 88.5 cm³/mol. The van der Waals surface area contributed by atoms with Gasteiger partial charge < -0.3 is 14.4 Å². The first-order valence-corrected chi connectivity index (χ1v) is 8.24.